The molecule has 0 spiro atoms. The Morgan fingerprint density at radius 3 is 2.48 bits per heavy atom. The van der Waals surface area contributed by atoms with Gasteiger partial charge in [-0.2, -0.15) is 0 Å². The number of carbonyl (C=O) groups excluding carboxylic acids is 1. The molecule has 0 bridgehead atoms. The fourth-order valence-corrected chi connectivity index (χ4v) is 3.92. The van der Waals surface area contributed by atoms with Crippen LogP contribution in [-0.2, 0) is 10.0 Å². The maximum Gasteiger partial charge on any atom is 0.255 e. The maximum atomic E-state index is 13.2. The van der Waals surface area contributed by atoms with Gasteiger partial charge in [0.2, 0.25) is 10.0 Å². The second-order valence-corrected chi connectivity index (χ2v) is 8.85. The van der Waals surface area contributed by atoms with E-state index in [2.05, 4.69) is 20.0 Å². The zero-order valence-corrected chi connectivity index (χ0v) is 17.5. The van der Waals surface area contributed by atoms with Crippen LogP contribution in [0, 0.1) is 12.7 Å². The summed E-state index contributed by atoms with van der Waals surface area (Å²) in [6.07, 6.45) is 0. The Kier molecular flexibility index (Phi) is 5.30. The van der Waals surface area contributed by atoms with Gasteiger partial charge in [-0.05, 0) is 74.1 Å². The van der Waals surface area contributed by atoms with Gasteiger partial charge in [0.1, 0.15) is 11.6 Å². The highest BCUT2D eigenvalue weighted by Crippen LogP contribution is 2.24. The maximum absolute atomic E-state index is 13.2. The summed E-state index contributed by atoms with van der Waals surface area (Å²) in [5.41, 5.74) is 3.55. The average molecular weight is 438 g/mol. The molecule has 1 aromatic heterocycles. The van der Waals surface area contributed by atoms with Gasteiger partial charge in [-0.1, -0.05) is 6.07 Å². The number of halogens is 1. The SMILES string of the molecule is CNS(=O)(=O)c1ccc(C)c(C(=O)Nc2ccc3nc(-c4ccc(F)cc4)[nH]c3c2)c1. The zero-order valence-electron chi connectivity index (χ0n) is 16.7. The smallest absolute Gasteiger partial charge is 0.255 e. The third kappa shape index (κ3) is 4.18. The molecule has 0 radical (unpaired) electrons. The summed E-state index contributed by atoms with van der Waals surface area (Å²) in [6, 6.07) is 15.6. The fourth-order valence-electron chi connectivity index (χ4n) is 3.16. The molecule has 158 valence electrons. The Bertz CT molecular complexity index is 1400. The first-order valence-corrected chi connectivity index (χ1v) is 10.9. The number of carbonyl (C=O) groups is 1. The van der Waals surface area contributed by atoms with Crippen molar-refractivity contribution in [3.8, 4) is 11.4 Å². The van der Waals surface area contributed by atoms with Crippen LogP contribution in [0.3, 0.4) is 0 Å². The Labute approximate surface area is 178 Å². The molecule has 0 aliphatic heterocycles. The number of hydrogen-bond donors (Lipinski definition) is 3. The summed E-state index contributed by atoms with van der Waals surface area (Å²) in [5.74, 6) is -0.172. The quantitative estimate of drug-likeness (QED) is 0.440. The molecule has 1 amide bonds. The van der Waals surface area contributed by atoms with Crippen LogP contribution < -0.4 is 10.0 Å². The summed E-state index contributed by atoms with van der Waals surface area (Å²) < 4.78 is 39.5. The number of amides is 1. The monoisotopic (exact) mass is 438 g/mol. The largest absolute Gasteiger partial charge is 0.338 e. The van der Waals surface area contributed by atoms with Crippen molar-refractivity contribution in [2.24, 2.45) is 0 Å². The van der Waals surface area contributed by atoms with E-state index in [4.69, 9.17) is 0 Å². The number of aromatic nitrogens is 2. The van der Waals surface area contributed by atoms with Crippen LogP contribution >= 0.6 is 0 Å². The Morgan fingerprint density at radius 1 is 1.03 bits per heavy atom. The predicted molar refractivity (Wildman–Crippen MR) is 117 cm³/mol. The first-order chi connectivity index (χ1) is 14.8. The highest BCUT2D eigenvalue weighted by atomic mass is 32.2. The van der Waals surface area contributed by atoms with E-state index >= 15 is 0 Å². The lowest BCUT2D eigenvalue weighted by atomic mass is 10.1. The summed E-state index contributed by atoms with van der Waals surface area (Å²) in [6.45, 7) is 1.73. The highest BCUT2D eigenvalue weighted by Gasteiger charge is 2.17. The van der Waals surface area contributed by atoms with E-state index in [0.717, 1.165) is 5.56 Å². The topological polar surface area (TPSA) is 104 Å². The lowest BCUT2D eigenvalue weighted by Gasteiger charge is -2.10. The number of nitrogens with one attached hydrogen (secondary N) is 3. The number of rotatable bonds is 5. The summed E-state index contributed by atoms with van der Waals surface area (Å²) in [4.78, 5) is 20.5. The normalized spacial score (nSPS) is 11.6. The van der Waals surface area contributed by atoms with E-state index in [1.165, 1.54) is 31.3 Å². The molecule has 3 N–H and O–H groups in total. The van der Waals surface area contributed by atoms with E-state index in [1.54, 1.807) is 43.3 Å². The predicted octanol–water partition coefficient (Wildman–Crippen LogP) is 3.84. The van der Waals surface area contributed by atoms with Crippen LogP contribution in [0.5, 0.6) is 0 Å². The van der Waals surface area contributed by atoms with Crippen LogP contribution in [0.4, 0.5) is 10.1 Å². The van der Waals surface area contributed by atoms with Crippen LogP contribution in [0.2, 0.25) is 0 Å². The van der Waals surface area contributed by atoms with Crippen molar-refractivity contribution in [2.45, 2.75) is 11.8 Å². The number of nitrogens with zero attached hydrogens (tertiary/aromatic N) is 1. The molecule has 3 aromatic carbocycles. The number of imidazole rings is 1. The third-order valence-electron chi connectivity index (χ3n) is 4.89. The van der Waals surface area contributed by atoms with E-state index in [1.807, 2.05) is 0 Å². The number of hydrogen-bond acceptors (Lipinski definition) is 4. The molecule has 0 unspecified atom stereocenters. The minimum absolute atomic E-state index is 0.0127. The van der Waals surface area contributed by atoms with E-state index in [9.17, 15) is 17.6 Å². The lowest BCUT2D eigenvalue weighted by Crippen LogP contribution is -2.20. The summed E-state index contributed by atoms with van der Waals surface area (Å²) in [7, 11) is -2.35. The number of sulfonamides is 1. The Morgan fingerprint density at radius 2 is 1.77 bits per heavy atom. The zero-order chi connectivity index (χ0) is 22.2. The number of aromatic amines is 1. The van der Waals surface area contributed by atoms with Gasteiger partial charge >= 0.3 is 0 Å². The molecular weight excluding hydrogens is 419 g/mol. The molecule has 0 saturated heterocycles. The molecule has 7 nitrogen and oxygen atoms in total. The number of fused-ring (bicyclic) bond motifs is 1. The first kappa shape index (κ1) is 20.7. The molecule has 31 heavy (non-hydrogen) atoms. The van der Waals surface area contributed by atoms with Gasteiger partial charge in [0, 0.05) is 16.8 Å². The van der Waals surface area contributed by atoms with Crippen LogP contribution in [0.1, 0.15) is 15.9 Å². The van der Waals surface area contributed by atoms with Crippen molar-refractivity contribution in [3.05, 3.63) is 77.6 Å². The van der Waals surface area contributed by atoms with E-state index in [0.29, 0.717) is 28.1 Å². The summed E-state index contributed by atoms with van der Waals surface area (Å²) in [5, 5.41) is 2.79. The lowest BCUT2D eigenvalue weighted by molar-refractivity contribution is 0.102. The molecular formula is C22H19FN4O3S. The number of aryl methyl sites for hydroxylation is 1. The highest BCUT2D eigenvalue weighted by molar-refractivity contribution is 7.89. The molecule has 9 heteroatoms. The minimum Gasteiger partial charge on any atom is -0.338 e. The van der Waals surface area contributed by atoms with E-state index < -0.39 is 15.9 Å². The van der Waals surface area contributed by atoms with Crippen LogP contribution in [0.15, 0.2) is 65.6 Å². The summed E-state index contributed by atoms with van der Waals surface area (Å²) >= 11 is 0. The third-order valence-corrected chi connectivity index (χ3v) is 6.30. The molecule has 1 heterocycles. The van der Waals surface area contributed by atoms with Crippen molar-refractivity contribution in [2.75, 3.05) is 12.4 Å². The van der Waals surface area contributed by atoms with Gasteiger partial charge in [0.15, 0.2) is 0 Å². The molecule has 0 aliphatic rings. The molecule has 0 fully saturated rings. The van der Waals surface area contributed by atoms with Gasteiger partial charge in [0.25, 0.3) is 5.91 Å². The second-order valence-electron chi connectivity index (χ2n) is 6.96. The Balaban J connectivity index is 1.62. The Hall–Kier alpha value is -3.56. The van der Waals surface area contributed by atoms with Gasteiger partial charge in [-0.15, -0.1) is 0 Å². The number of benzene rings is 3. The number of H-pyrrole nitrogens is 1. The van der Waals surface area contributed by atoms with Crippen molar-refractivity contribution in [3.63, 3.8) is 0 Å². The molecule has 0 saturated carbocycles. The average Bonchev–Trinajstić information content (AvgIpc) is 3.17. The molecule has 0 aliphatic carbocycles. The van der Waals surface area contributed by atoms with Gasteiger partial charge in [0.05, 0.1) is 15.9 Å². The molecule has 4 rings (SSSR count). The fraction of sp³-hybridized carbons (Fsp3) is 0.0909. The second kappa shape index (κ2) is 7.93. The van der Waals surface area contributed by atoms with Gasteiger partial charge < -0.3 is 10.3 Å². The first-order valence-electron chi connectivity index (χ1n) is 9.38. The number of anilines is 1. The van der Waals surface area contributed by atoms with E-state index in [-0.39, 0.29) is 16.3 Å². The van der Waals surface area contributed by atoms with Crippen LogP contribution in [0.25, 0.3) is 22.4 Å². The van der Waals surface area contributed by atoms with Crippen molar-refractivity contribution < 1.29 is 17.6 Å². The minimum atomic E-state index is -3.67. The molecule has 0 atom stereocenters. The van der Waals surface area contributed by atoms with Crippen LogP contribution in [-0.4, -0.2) is 31.3 Å². The van der Waals surface area contributed by atoms with Crippen molar-refractivity contribution in [1.82, 2.24) is 14.7 Å². The van der Waals surface area contributed by atoms with Gasteiger partial charge in [-0.3, -0.25) is 4.79 Å². The van der Waals surface area contributed by atoms with Crippen molar-refractivity contribution >= 4 is 32.7 Å². The van der Waals surface area contributed by atoms with Crippen molar-refractivity contribution in [1.29, 1.82) is 0 Å². The standard InChI is InChI=1S/C22H19FN4O3S/c1-13-3-9-17(31(29,30)24-2)12-18(13)22(28)25-16-8-10-19-20(11-16)27-21(26-19)14-4-6-15(23)7-5-14/h3-12,24H,1-2H3,(H,25,28)(H,26,27). The molecule has 4 aromatic rings. The van der Waals surface area contributed by atoms with Gasteiger partial charge in [-0.25, -0.2) is 22.5 Å².